The predicted octanol–water partition coefficient (Wildman–Crippen LogP) is 2.25. The summed E-state index contributed by atoms with van der Waals surface area (Å²) in [7, 11) is -3.18. The maximum Gasteiger partial charge on any atom is 0.207 e. The van der Waals surface area contributed by atoms with E-state index in [0.717, 1.165) is 36.8 Å². The van der Waals surface area contributed by atoms with Gasteiger partial charge in [0.25, 0.3) is 0 Å². The number of sulfone groups is 1. The van der Waals surface area contributed by atoms with E-state index in [9.17, 15) is 18.3 Å². The van der Waals surface area contributed by atoms with Crippen LogP contribution in [-0.2, 0) is 26.8 Å². The van der Waals surface area contributed by atoms with Crippen LogP contribution in [0.3, 0.4) is 0 Å². The SMILES string of the molecule is CCc1ccc2c(c1)[C@@H](NC[C@@H](O)[C@H](CC1CCCCC1)NC=O)CS(=O)(=O)C2. The molecule has 1 heterocycles. The third kappa shape index (κ3) is 6.03. The molecule has 1 aromatic rings. The van der Waals surface area contributed by atoms with Crippen molar-refractivity contribution in [1.82, 2.24) is 10.6 Å². The molecule has 6 nitrogen and oxygen atoms in total. The third-order valence-corrected chi connectivity index (χ3v) is 8.01. The highest BCUT2D eigenvalue weighted by atomic mass is 32.2. The van der Waals surface area contributed by atoms with Gasteiger partial charge in [-0.3, -0.25) is 4.79 Å². The lowest BCUT2D eigenvalue weighted by Crippen LogP contribution is -2.47. The number of carbonyl (C=O) groups is 1. The van der Waals surface area contributed by atoms with Crippen molar-refractivity contribution < 1.29 is 18.3 Å². The number of hydrogen-bond donors (Lipinski definition) is 3. The number of aryl methyl sites for hydroxylation is 1. The lowest BCUT2D eigenvalue weighted by Gasteiger charge is -2.31. The first-order valence-corrected chi connectivity index (χ1v) is 12.7. The highest BCUT2D eigenvalue weighted by molar-refractivity contribution is 7.90. The largest absolute Gasteiger partial charge is 0.390 e. The average molecular weight is 423 g/mol. The van der Waals surface area contributed by atoms with Crippen LogP contribution in [0.4, 0.5) is 0 Å². The van der Waals surface area contributed by atoms with E-state index < -0.39 is 15.9 Å². The van der Waals surface area contributed by atoms with Crippen LogP contribution < -0.4 is 10.6 Å². The van der Waals surface area contributed by atoms with E-state index in [1.807, 2.05) is 12.1 Å². The quantitative estimate of drug-likeness (QED) is 0.531. The van der Waals surface area contributed by atoms with Crippen LogP contribution in [0, 0.1) is 5.92 Å². The molecule has 29 heavy (non-hydrogen) atoms. The van der Waals surface area contributed by atoms with Crippen molar-refractivity contribution in [1.29, 1.82) is 0 Å². The molecule has 1 saturated carbocycles. The van der Waals surface area contributed by atoms with E-state index in [4.69, 9.17) is 0 Å². The van der Waals surface area contributed by atoms with Crippen LogP contribution in [0.25, 0.3) is 0 Å². The van der Waals surface area contributed by atoms with Gasteiger partial charge in [0.15, 0.2) is 9.84 Å². The van der Waals surface area contributed by atoms with Crippen molar-refractivity contribution in [2.45, 2.75) is 75.8 Å². The summed E-state index contributed by atoms with van der Waals surface area (Å²) in [4.78, 5) is 11.1. The van der Waals surface area contributed by atoms with Crippen LogP contribution in [0.1, 0.15) is 68.2 Å². The molecule has 3 rings (SSSR count). The molecule has 0 unspecified atom stereocenters. The monoisotopic (exact) mass is 422 g/mol. The minimum absolute atomic E-state index is 0.0360. The zero-order chi connectivity index (χ0) is 20.9. The molecule has 0 aromatic heterocycles. The molecule has 1 aliphatic heterocycles. The van der Waals surface area contributed by atoms with Gasteiger partial charge in [-0.2, -0.15) is 0 Å². The summed E-state index contributed by atoms with van der Waals surface area (Å²) in [5, 5.41) is 16.8. The lowest BCUT2D eigenvalue weighted by molar-refractivity contribution is -0.111. The molecule has 3 N–H and O–H groups in total. The van der Waals surface area contributed by atoms with E-state index in [2.05, 4.69) is 23.6 Å². The van der Waals surface area contributed by atoms with Gasteiger partial charge in [-0.25, -0.2) is 8.42 Å². The predicted molar refractivity (Wildman–Crippen MR) is 114 cm³/mol. The summed E-state index contributed by atoms with van der Waals surface area (Å²) < 4.78 is 24.7. The van der Waals surface area contributed by atoms with Crippen LogP contribution >= 0.6 is 0 Å². The highest BCUT2D eigenvalue weighted by Gasteiger charge is 2.31. The third-order valence-electron chi connectivity index (χ3n) is 6.42. The first-order valence-electron chi connectivity index (χ1n) is 10.8. The fourth-order valence-corrected chi connectivity index (χ4v) is 6.40. The zero-order valence-corrected chi connectivity index (χ0v) is 18.1. The molecule has 2 aliphatic rings. The molecular weight excluding hydrogens is 388 g/mol. The van der Waals surface area contributed by atoms with Crippen LogP contribution in [0.5, 0.6) is 0 Å². The number of hydrogen-bond acceptors (Lipinski definition) is 5. The van der Waals surface area contributed by atoms with Crippen LogP contribution in [0.2, 0.25) is 0 Å². The summed E-state index contributed by atoms with van der Waals surface area (Å²) in [5.41, 5.74) is 3.02. The normalized spacial score (nSPS) is 23.7. The Morgan fingerprint density at radius 3 is 2.69 bits per heavy atom. The van der Waals surface area contributed by atoms with Gasteiger partial charge in [0, 0.05) is 12.6 Å². The Bertz CT molecular complexity index is 790. The first-order chi connectivity index (χ1) is 13.9. The molecule has 7 heteroatoms. The Labute approximate surface area is 174 Å². The second-order valence-electron chi connectivity index (χ2n) is 8.60. The van der Waals surface area contributed by atoms with Gasteiger partial charge in [-0.15, -0.1) is 0 Å². The van der Waals surface area contributed by atoms with Gasteiger partial charge in [0.2, 0.25) is 6.41 Å². The number of aliphatic hydroxyl groups excluding tert-OH is 1. The van der Waals surface area contributed by atoms with Crippen LogP contribution in [0.15, 0.2) is 18.2 Å². The molecule has 3 atom stereocenters. The standard InChI is InChI=1S/C22H34N2O4S/c1-2-16-8-9-18-13-29(27,28)14-21(19(18)10-16)23-12-22(26)20(24-15-25)11-17-6-4-3-5-7-17/h8-10,15,17,20-23,26H,2-7,11-14H2,1H3,(H,24,25)/t20-,21-,22+/m0/s1. The molecule has 0 radical (unpaired) electrons. The molecular formula is C22H34N2O4S. The smallest absolute Gasteiger partial charge is 0.207 e. The number of nitrogens with one attached hydrogen (secondary N) is 2. The molecule has 1 aliphatic carbocycles. The number of carbonyl (C=O) groups excluding carboxylic acids is 1. The number of rotatable bonds is 9. The maximum absolute atomic E-state index is 12.4. The van der Waals surface area contributed by atoms with Gasteiger partial charge < -0.3 is 15.7 Å². The van der Waals surface area contributed by atoms with Crippen molar-refractivity contribution in [3.05, 3.63) is 34.9 Å². The number of aliphatic hydroxyl groups is 1. The Morgan fingerprint density at radius 2 is 2.00 bits per heavy atom. The second-order valence-corrected chi connectivity index (χ2v) is 10.7. The van der Waals surface area contributed by atoms with Gasteiger partial charge in [0.05, 0.1) is 23.7 Å². The summed E-state index contributed by atoms with van der Waals surface area (Å²) in [6.07, 6.45) is 7.53. The molecule has 1 aromatic carbocycles. The average Bonchev–Trinajstić information content (AvgIpc) is 2.71. The van der Waals surface area contributed by atoms with E-state index >= 15 is 0 Å². The lowest BCUT2D eigenvalue weighted by atomic mass is 9.83. The molecule has 1 amide bonds. The van der Waals surface area contributed by atoms with Crippen molar-refractivity contribution in [2.75, 3.05) is 12.3 Å². The Balaban J connectivity index is 1.67. The van der Waals surface area contributed by atoms with Crippen molar-refractivity contribution in [3.63, 3.8) is 0 Å². The topological polar surface area (TPSA) is 95.5 Å². The maximum atomic E-state index is 12.4. The molecule has 0 spiro atoms. The number of benzene rings is 1. The van der Waals surface area contributed by atoms with Crippen molar-refractivity contribution in [2.24, 2.45) is 5.92 Å². The van der Waals surface area contributed by atoms with E-state index in [0.29, 0.717) is 12.3 Å². The minimum Gasteiger partial charge on any atom is -0.390 e. The summed E-state index contributed by atoms with van der Waals surface area (Å²) >= 11 is 0. The van der Waals surface area contributed by atoms with E-state index in [-0.39, 0.29) is 30.1 Å². The Hall–Kier alpha value is -1.44. The highest BCUT2D eigenvalue weighted by Crippen LogP contribution is 2.30. The minimum atomic E-state index is -3.18. The fraction of sp³-hybridized carbons (Fsp3) is 0.682. The second kappa shape index (κ2) is 10.0. The number of amides is 1. The summed E-state index contributed by atoms with van der Waals surface area (Å²) in [5.74, 6) is 0.636. The molecule has 0 saturated heterocycles. The summed E-state index contributed by atoms with van der Waals surface area (Å²) in [6.45, 7) is 2.32. The Morgan fingerprint density at radius 1 is 1.24 bits per heavy atom. The van der Waals surface area contributed by atoms with Crippen LogP contribution in [-0.4, -0.2) is 44.4 Å². The van der Waals surface area contributed by atoms with Crippen molar-refractivity contribution in [3.8, 4) is 0 Å². The van der Waals surface area contributed by atoms with Crippen molar-refractivity contribution >= 4 is 16.2 Å². The Kier molecular flexibility index (Phi) is 7.71. The van der Waals surface area contributed by atoms with Gasteiger partial charge in [-0.05, 0) is 35.4 Å². The van der Waals surface area contributed by atoms with Gasteiger partial charge in [0.1, 0.15) is 0 Å². The fourth-order valence-electron chi connectivity index (χ4n) is 4.74. The summed E-state index contributed by atoms with van der Waals surface area (Å²) in [6, 6.07) is 5.33. The molecule has 162 valence electrons. The molecule has 0 bridgehead atoms. The van der Waals surface area contributed by atoms with Gasteiger partial charge >= 0.3 is 0 Å². The van der Waals surface area contributed by atoms with E-state index in [1.165, 1.54) is 24.8 Å². The molecule has 1 fully saturated rings. The van der Waals surface area contributed by atoms with E-state index in [1.54, 1.807) is 0 Å². The number of fused-ring (bicyclic) bond motifs is 1. The first kappa shape index (κ1) is 22.2. The zero-order valence-electron chi connectivity index (χ0n) is 17.3. The van der Waals surface area contributed by atoms with Gasteiger partial charge in [-0.1, -0.05) is 57.2 Å².